The minimum atomic E-state index is -3.79. The van der Waals surface area contributed by atoms with Crippen molar-refractivity contribution in [2.24, 2.45) is 0 Å². The SMILES string of the molecule is Cc1ccc(C)c(C(=O)COC(=O)CNS(=O)(=O)/C=C/c2ccccc2)c1. The van der Waals surface area contributed by atoms with Crippen molar-refractivity contribution < 1.29 is 22.7 Å². The molecule has 0 radical (unpaired) electrons. The number of ether oxygens (including phenoxy) is 1. The Kier molecular flexibility index (Phi) is 7.04. The maximum absolute atomic E-state index is 12.2. The predicted octanol–water partition coefficient (Wildman–Crippen LogP) is 2.62. The van der Waals surface area contributed by atoms with Crippen molar-refractivity contribution in [1.29, 1.82) is 0 Å². The maximum atomic E-state index is 12.2. The molecule has 0 aliphatic rings. The van der Waals surface area contributed by atoms with Gasteiger partial charge < -0.3 is 4.74 Å². The number of Topliss-reactive ketones (excluding diaryl/α,β-unsaturated/α-hetero) is 1. The Hall–Kier alpha value is -2.77. The van der Waals surface area contributed by atoms with Crippen molar-refractivity contribution in [3.63, 3.8) is 0 Å². The molecule has 0 unspecified atom stereocenters. The first-order valence-electron chi connectivity index (χ1n) is 8.26. The lowest BCUT2D eigenvalue weighted by Crippen LogP contribution is -2.30. The third kappa shape index (κ3) is 6.80. The summed E-state index contributed by atoms with van der Waals surface area (Å²) in [5.41, 5.74) is 2.90. The van der Waals surface area contributed by atoms with E-state index in [4.69, 9.17) is 4.74 Å². The lowest BCUT2D eigenvalue weighted by atomic mass is 10.0. The highest BCUT2D eigenvalue weighted by Crippen LogP contribution is 2.11. The van der Waals surface area contributed by atoms with Gasteiger partial charge in [-0.15, -0.1) is 0 Å². The average molecular weight is 387 g/mol. The Morgan fingerprint density at radius 1 is 1.07 bits per heavy atom. The van der Waals surface area contributed by atoms with Crippen LogP contribution in [0.1, 0.15) is 27.0 Å². The van der Waals surface area contributed by atoms with Crippen LogP contribution >= 0.6 is 0 Å². The number of esters is 1. The van der Waals surface area contributed by atoms with E-state index >= 15 is 0 Å². The number of nitrogens with one attached hydrogen (secondary N) is 1. The van der Waals surface area contributed by atoms with Crippen LogP contribution < -0.4 is 4.72 Å². The highest BCUT2D eigenvalue weighted by molar-refractivity contribution is 7.92. The molecule has 0 atom stereocenters. The van der Waals surface area contributed by atoms with Crippen LogP contribution in [-0.4, -0.2) is 33.3 Å². The van der Waals surface area contributed by atoms with Gasteiger partial charge in [0.15, 0.2) is 6.61 Å². The molecule has 2 aromatic carbocycles. The number of carbonyl (C=O) groups excluding carboxylic acids is 2. The Morgan fingerprint density at radius 2 is 1.78 bits per heavy atom. The molecule has 0 saturated carbocycles. The number of ketones is 1. The maximum Gasteiger partial charge on any atom is 0.321 e. The minimum Gasteiger partial charge on any atom is -0.456 e. The largest absolute Gasteiger partial charge is 0.456 e. The van der Waals surface area contributed by atoms with Crippen LogP contribution in [0, 0.1) is 13.8 Å². The second-order valence-electron chi connectivity index (χ2n) is 5.98. The van der Waals surface area contributed by atoms with E-state index in [0.29, 0.717) is 11.1 Å². The number of aryl methyl sites for hydroxylation is 2. The van der Waals surface area contributed by atoms with Gasteiger partial charge in [0.1, 0.15) is 6.54 Å². The van der Waals surface area contributed by atoms with E-state index in [-0.39, 0.29) is 5.78 Å². The summed E-state index contributed by atoms with van der Waals surface area (Å²) < 4.78 is 30.7. The summed E-state index contributed by atoms with van der Waals surface area (Å²) in [7, 11) is -3.79. The molecule has 0 bridgehead atoms. The number of sulfonamides is 1. The van der Waals surface area contributed by atoms with E-state index in [1.54, 1.807) is 37.3 Å². The van der Waals surface area contributed by atoms with Gasteiger partial charge in [-0.3, -0.25) is 9.59 Å². The molecule has 27 heavy (non-hydrogen) atoms. The Balaban J connectivity index is 1.84. The van der Waals surface area contributed by atoms with E-state index in [1.165, 1.54) is 6.08 Å². The van der Waals surface area contributed by atoms with Gasteiger partial charge in [-0.05, 0) is 37.1 Å². The van der Waals surface area contributed by atoms with E-state index in [2.05, 4.69) is 4.72 Å². The van der Waals surface area contributed by atoms with Crippen LogP contribution in [0.25, 0.3) is 6.08 Å². The summed E-state index contributed by atoms with van der Waals surface area (Å²) in [6.07, 6.45) is 1.41. The van der Waals surface area contributed by atoms with Gasteiger partial charge in [0.2, 0.25) is 15.8 Å². The quantitative estimate of drug-likeness (QED) is 0.555. The van der Waals surface area contributed by atoms with Gasteiger partial charge in [0.25, 0.3) is 0 Å². The number of rotatable bonds is 8. The van der Waals surface area contributed by atoms with E-state index in [0.717, 1.165) is 16.5 Å². The molecule has 6 nitrogen and oxygen atoms in total. The van der Waals surface area contributed by atoms with Crippen molar-refractivity contribution in [3.8, 4) is 0 Å². The summed E-state index contributed by atoms with van der Waals surface area (Å²) in [6, 6.07) is 14.3. The molecule has 2 aromatic rings. The van der Waals surface area contributed by atoms with Crippen LogP contribution in [0.3, 0.4) is 0 Å². The minimum absolute atomic E-state index is 0.337. The average Bonchev–Trinajstić information content (AvgIpc) is 2.66. The Labute approximate surface area is 158 Å². The summed E-state index contributed by atoms with van der Waals surface area (Å²) in [4.78, 5) is 23.9. The number of carbonyl (C=O) groups is 2. The van der Waals surface area contributed by atoms with Gasteiger partial charge in [0, 0.05) is 11.0 Å². The van der Waals surface area contributed by atoms with Crippen molar-refractivity contribution in [2.75, 3.05) is 13.2 Å². The van der Waals surface area contributed by atoms with Crippen molar-refractivity contribution in [2.45, 2.75) is 13.8 Å². The number of hydrogen-bond donors (Lipinski definition) is 1. The van der Waals surface area contributed by atoms with Crippen LogP contribution in [0.15, 0.2) is 53.9 Å². The fraction of sp³-hybridized carbons (Fsp3) is 0.200. The normalized spacial score (nSPS) is 11.5. The van der Waals surface area contributed by atoms with Gasteiger partial charge >= 0.3 is 5.97 Å². The van der Waals surface area contributed by atoms with Gasteiger partial charge in [-0.1, -0.05) is 48.0 Å². The monoisotopic (exact) mass is 387 g/mol. The predicted molar refractivity (Wildman–Crippen MR) is 104 cm³/mol. The molecular weight excluding hydrogens is 366 g/mol. The van der Waals surface area contributed by atoms with Crippen LogP contribution in [-0.2, 0) is 19.6 Å². The first kappa shape index (κ1) is 20.5. The molecule has 0 aromatic heterocycles. The van der Waals surface area contributed by atoms with Gasteiger partial charge in [0.05, 0.1) is 0 Å². The summed E-state index contributed by atoms with van der Waals surface area (Å²) in [5.74, 6) is -1.17. The molecule has 142 valence electrons. The molecule has 0 spiro atoms. The highest BCUT2D eigenvalue weighted by atomic mass is 32.2. The number of hydrogen-bond acceptors (Lipinski definition) is 5. The van der Waals surface area contributed by atoms with Crippen LogP contribution in [0.5, 0.6) is 0 Å². The van der Waals surface area contributed by atoms with Crippen molar-refractivity contribution in [3.05, 3.63) is 76.2 Å². The molecule has 7 heteroatoms. The molecule has 0 fully saturated rings. The van der Waals surface area contributed by atoms with Gasteiger partial charge in [-0.25, -0.2) is 13.1 Å². The van der Waals surface area contributed by atoms with Crippen molar-refractivity contribution in [1.82, 2.24) is 4.72 Å². The second kappa shape index (κ2) is 9.25. The fourth-order valence-electron chi connectivity index (χ4n) is 2.25. The first-order chi connectivity index (χ1) is 12.8. The van der Waals surface area contributed by atoms with E-state index < -0.39 is 29.1 Å². The van der Waals surface area contributed by atoms with E-state index in [1.807, 2.05) is 25.1 Å². The fourth-order valence-corrected chi connectivity index (χ4v) is 3.00. The van der Waals surface area contributed by atoms with Crippen LogP contribution in [0.4, 0.5) is 0 Å². The zero-order valence-electron chi connectivity index (χ0n) is 15.1. The lowest BCUT2D eigenvalue weighted by molar-refractivity contribution is -0.141. The Bertz CT molecular complexity index is 950. The summed E-state index contributed by atoms with van der Waals surface area (Å²) >= 11 is 0. The molecule has 0 amide bonds. The standard InChI is InChI=1S/C20H21NO5S/c1-15-8-9-16(2)18(12-15)19(22)14-26-20(23)13-21-27(24,25)11-10-17-6-4-3-5-7-17/h3-12,21H,13-14H2,1-2H3/b11-10+. The molecule has 0 saturated heterocycles. The third-order valence-corrected chi connectivity index (χ3v) is 4.76. The summed E-state index contributed by atoms with van der Waals surface area (Å²) in [6.45, 7) is 2.66. The molecule has 0 aliphatic heterocycles. The second-order valence-corrected chi connectivity index (χ2v) is 7.63. The third-order valence-electron chi connectivity index (χ3n) is 3.71. The zero-order valence-corrected chi connectivity index (χ0v) is 16.0. The zero-order chi connectivity index (χ0) is 19.9. The van der Waals surface area contributed by atoms with E-state index in [9.17, 15) is 18.0 Å². The molecular formula is C20H21NO5S. The molecule has 0 aliphatic carbocycles. The molecule has 0 heterocycles. The first-order valence-corrected chi connectivity index (χ1v) is 9.80. The summed E-state index contributed by atoms with van der Waals surface area (Å²) in [5, 5.41) is 0.969. The van der Waals surface area contributed by atoms with Crippen molar-refractivity contribution >= 4 is 27.9 Å². The topological polar surface area (TPSA) is 89.5 Å². The lowest BCUT2D eigenvalue weighted by Gasteiger charge is -2.08. The number of benzene rings is 2. The molecule has 2 rings (SSSR count). The smallest absolute Gasteiger partial charge is 0.321 e. The highest BCUT2D eigenvalue weighted by Gasteiger charge is 2.14. The van der Waals surface area contributed by atoms with Crippen LogP contribution in [0.2, 0.25) is 0 Å². The van der Waals surface area contributed by atoms with Gasteiger partial charge in [-0.2, -0.15) is 0 Å². The Morgan fingerprint density at radius 3 is 2.48 bits per heavy atom. The molecule has 1 N–H and O–H groups in total.